The van der Waals surface area contributed by atoms with Crippen LogP contribution in [0.5, 0.6) is 0 Å². The molecule has 0 bridgehead atoms. The van der Waals surface area contributed by atoms with E-state index in [1.807, 2.05) is 0 Å². The van der Waals surface area contributed by atoms with Crippen molar-refractivity contribution < 1.29 is 18.8 Å². The summed E-state index contributed by atoms with van der Waals surface area (Å²) in [6, 6.07) is 5.38. The van der Waals surface area contributed by atoms with Gasteiger partial charge < -0.3 is 16.0 Å². The van der Waals surface area contributed by atoms with Crippen molar-refractivity contribution in [2.24, 2.45) is 5.92 Å². The molecule has 2 aliphatic rings. The number of imide groups is 1. The number of piperidine rings is 1. The van der Waals surface area contributed by atoms with Gasteiger partial charge in [0.2, 0.25) is 5.91 Å². The second-order valence-electron chi connectivity index (χ2n) is 6.79. The van der Waals surface area contributed by atoms with Gasteiger partial charge in [0.15, 0.2) is 0 Å². The Hall–Kier alpha value is -2.48. The van der Waals surface area contributed by atoms with Gasteiger partial charge in [0.25, 0.3) is 5.91 Å². The maximum absolute atomic E-state index is 13.2. The third-order valence-electron chi connectivity index (χ3n) is 5.21. The predicted octanol–water partition coefficient (Wildman–Crippen LogP) is 0.404. The zero-order valence-corrected chi connectivity index (χ0v) is 14.7. The number of hydrogen-bond acceptors (Lipinski definition) is 4. The molecule has 0 aromatic heterocycles. The molecule has 2 saturated heterocycles. The van der Waals surface area contributed by atoms with E-state index in [1.54, 1.807) is 12.1 Å². The van der Waals surface area contributed by atoms with E-state index in [2.05, 4.69) is 16.0 Å². The first-order chi connectivity index (χ1) is 12.5. The zero-order valence-electron chi connectivity index (χ0n) is 14.7. The van der Waals surface area contributed by atoms with E-state index in [0.29, 0.717) is 0 Å². The summed E-state index contributed by atoms with van der Waals surface area (Å²) >= 11 is 0. The first-order valence-electron chi connectivity index (χ1n) is 8.76. The average Bonchev–Trinajstić information content (AvgIpc) is 2.89. The number of carbonyl (C=O) groups excluding carboxylic acids is 3. The number of halogens is 1. The van der Waals surface area contributed by atoms with Crippen molar-refractivity contribution in [3.05, 3.63) is 35.6 Å². The van der Waals surface area contributed by atoms with E-state index in [4.69, 9.17) is 0 Å². The minimum Gasteiger partial charge on any atom is -0.358 e. The maximum atomic E-state index is 13.2. The Labute approximate surface area is 151 Å². The molecule has 1 aromatic carbocycles. The molecule has 2 heterocycles. The molecular formula is C18H23FN4O3. The highest BCUT2D eigenvalue weighted by Crippen LogP contribution is 2.35. The molecule has 4 amide bonds. The lowest BCUT2D eigenvalue weighted by Crippen LogP contribution is -2.57. The monoisotopic (exact) mass is 362 g/mol. The Morgan fingerprint density at radius 2 is 1.92 bits per heavy atom. The summed E-state index contributed by atoms with van der Waals surface area (Å²) in [5.74, 6) is -1.20. The molecule has 140 valence electrons. The van der Waals surface area contributed by atoms with Gasteiger partial charge in [-0.05, 0) is 49.5 Å². The molecule has 3 N–H and O–H groups in total. The standard InChI is InChI=1S/C18H23FN4O3/c1-20-15(24)11-23-16(25)18(22-17(23)26,13-6-8-21-9-7-13)10-12-2-4-14(19)5-3-12/h2-5,13,21H,6-11H2,1H3,(H,20,24)(H,22,26)/t18-/m1/s1. The average molecular weight is 362 g/mol. The highest BCUT2D eigenvalue weighted by atomic mass is 19.1. The summed E-state index contributed by atoms with van der Waals surface area (Å²) < 4.78 is 13.2. The van der Waals surface area contributed by atoms with Crippen molar-refractivity contribution >= 4 is 17.8 Å². The quantitative estimate of drug-likeness (QED) is 0.662. The fourth-order valence-electron chi connectivity index (χ4n) is 3.79. The SMILES string of the molecule is CNC(=O)CN1C(=O)N[C@](Cc2ccc(F)cc2)(C2CCNCC2)C1=O. The van der Waals surface area contributed by atoms with E-state index < -0.39 is 17.5 Å². The molecule has 0 spiro atoms. The number of nitrogens with one attached hydrogen (secondary N) is 3. The van der Waals surface area contributed by atoms with Crippen LogP contribution in [0.4, 0.5) is 9.18 Å². The highest BCUT2D eigenvalue weighted by Gasteiger charge is 2.55. The van der Waals surface area contributed by atoms with E-state index in [1.165, 1.54) is 19.2 Å². The molecule has 8 heteroatoms. The van der Waals surface area contributed by atoms with Gasteiger partial charge in [0, 0.05) is 13.5 Å². The minimum atomic E-state index is -1.11. The van der Waals surface area contributed by atoms with Crippen molar-refractivity contribution in [2.45, 2.75) is 24.8 Å². The van der Waals surface area contributed by atoms with Crippen LogP contribution >= 0.6 is 0 Å². The van der Waals surface area contributed by atoms with Crippen LogP contribution in [0.3, 0.4) is 0 Å². The largest absolute Gasteiger partial charge is 0.358 e. The van der Waals surface area contributed by atoms with Crippen LogP contribution in [-0.2, 0) is 16.0 Å². The topological polar surface area (TPSA) is 90.5 Å². The number of nitrogens with zero attached hydrogens (tertiary/aromatic N) is 1. The van der Waals surface area contributed by atoms with E-state index in [9.17, 15) is 18.8 Å². The van der Waals surface area contributed by atoms with Crippen LogP contribution in [0, 0.1) is 11.7 Å². The maximum Gasteiger partial charge on any atom is 0.325 e. The lowest BCUT2D eigenvalue weighted by Gasteiger charge is -2.38. The van der Waals surface area contributed by atoms with Crippen molar-refractivity contribution in [1.29, 1.82) is 0 Å². The summed E-state index contributed by atoms with van der Waals surface area (Å²) in [7, 11) is 1.46. The highest BCUT2D eigenvalue weighted by molar-refractivity contribution is 6.09. The molecule has 0 unspecified atom stereocenters. The molecule has 2 aliphatic heterocycles. The summed E-state index contributed by atoms with van der Waals surface area (Å²) in [6.07, 6.45) is 1.74. The van der Waals surface area contributed by atoms with Gasteiger partial charge in [-0.15, -0.1) is 0 Å². The predicted molar refractivity (Wildman–Crippen MR) is 92.7 cm³/mol. The van der Waals surface area contributed by atoms with Gasteiger partial charge in [-0.25, -0.2) is 9.18 Å². The van der Waals surface area contributed by atoms with Gasteiger partial charge in [0.05, 0.1) is 0 Å². The van der Waals surface area contributed by atoms with Gasteiger partial charge in [-0.2, -0.15) is 0 Å². The van der Waals surface area contributed by atoms with Gasteiger partial charge in [-0.3, -0.25) is 14.5 Å². The molecule has 3 rings (SSSR count). The Bertz CT molecular complexity index is 703. The van der Waals surface area contributed by atoms with Gasteiger partial charge in [0.1, 0.15) is 17.9 Å². The molecule has 7 nitrogen and oxygen atoms in total. The second-order valence-corrected chi connectivity index (χ2v) is 6.79. The van der Waals surface area contributed by atoms with E-state index in [0.717, 1.165) is 36.4 Å². The summed E-state index contributed by atoms with van der Waals surface area (Å²) in [6.45, 7) is 1.21. The number of carbonyl (C=O) groups is 3. The van der Waals surface area contributed by atoms with Crippen molar-refractivity contribution in [2.75, 3.05) is 26.7 Å². The van der Waals surface area contributed by atoms with Crippen LogP contribution in [-0.4, -0.2) is 55.0 Å². The first-order valence-corrected chi connectivity index (χ1v) is 8.76. The molecule has 0 aliphatic carbocycles. The smallest absolute Gasteiger partial charge is 0.325 e. The summed E-state index contributed by atoms with van der Waals surface area (Å²) in [4.78, 5) is 38.4. The van der Waals surface area contributed by atoms with Crippen LogP contribution in [0.2, 0.25) is 0 Å². The second kappa shape index (κ2) is 7.41. The molecule has 0 radical (unpaired) electrons. The Morgan fingerprint density at radius 1 is 1.27 bits per heavy atom. The molecule has 0 saturated carbocycles. The lowest BCUT2D eigenvalue weighted by molar-refractivity contribution is -0.136. The van der Waals surface area contributed by atoms with Crippen LogP contribution in [0.15, 0.2) is 24.3 Å². The molecule has 26 heavy (non-hydrogen) atoms. The molecular weight excluding hydrogens is 339 g/mol. The molecule has 2 fully saturated rings. The van der Waals surface area contributed by atoms with Crippen molar-refractivity contribution in [3.63, 3.8) is 0 Å². The van der Waals surface area contributed by atoms with Crippen LogP contribution < -0.4 is 16.0 Å². The zero-order chi connectivity index (χ0) is 18.7. The Morgan fingerprint density at radius 3 is 2.54 bits per heavy atom. The van der Waals surface area contributed by atoms with Crippen LogP contribution in [0.25, 0.3) is 0 Å². The third-order valence-corrected chi connectivity index (χ3v) is 5.21. The van der Waals surface area contributed by atoms with Crippen LogP contribution in [0.1, 0.15) is 18.4 Å². The molecule has 1 aromatic rings. The number of benzene rings is 1. The number of likely N-dealkylation sites (N-methyl/N-ethyl adjacent to an activating group) is 1. The van der Waals surface area contributed by atoms with E-state index in [-0.39, 0.29) is 30.6 Å². The Kier molecular flexibility index (Phi) is 5.22. The van der Waals surface area contributed by atoms with Gasteiger partial charge >= 0.3 is 6.03 Å². The summed E-state index contributed by atoms with van der Waals surface area (Å²) in [5, 5.41) is 8.55. The third kappa shape index (κ3) is 3.41. The summed E-state index contributed by atoms with van der Waals surface area (Å²) in [5.41, 5.74) is -0.342. The molecule has 1 atom stereocenters. The first kappa shape index (κ1) is 18.3. The number of amides is 4. The normalized spacial score (nSPS) is 23.8. The fourth-order valence-corrected chi connectivity index (χ4v) is 3.79. The number of rotatable bonds is 5. The fraction of sp³-hybridized carbons (Fsp3) is 0.500. The van der Waals surface area contributed by atoms with Crippen molar-refractivity contribution in [3.8, 4) is 0 Å². The van der Waals surface area contributed by atoms with Gasteiger partial charge in [-0.1, -0.05) is 12.1 Å². The van der Waals surface area contributed by atoms with Crippen molar-refractivity contribution in [1.82, 2.24) is 20.9 Å². The van der Waals surface area contributed by atoms with E-state index >= 15 is 0 Å². The number of hydrogen-bond donors (Lipinski definition) is 3. The lowest BCUT2D eigenvalue weighted by atomic mass is 9.74. The number of urea groups is 1. The Balaban J connectivity index is 1.92. The minimum absolute atomic E-state index is 0.0556.